The molecule has 1 atom stereocenters. The van der Waals surface area contributed by atoms with Crippen molar-refractivity contribution in [2.45, 2.75) is 40.0 Å². The fourth-order valence-electron chi connectivity index (χ4n) is 4.91. The SMILES string of the molecule is CCc1ccccc1NC(=O)C1CCCN(c2nnc(C)c3c(C)n(-c4ccccc4)nc23)C1. The second kappa shape index (κ2) is 9.25. The van der Waals surface area contributed by atoms with Gasteiger partial charge in [-0.15, -0.1) is 5.10 Å². The lowest BCUT2D eigenvalue weighted by Gasteiger charge is -2.32. The number of anilines is 2. The van der Waals surface area contributed by atoms with Crippen LogP contribution >= 0.6 is 0 Å². The number of benzene rings is 2. The number of amides is 1. The molecule has 3 heterocycles. The zero-order valence-electron chi connectivity index (χ0n) is 20.0. The Labute approximate surface area is 199 Å². The predicted molar refractivity (Wildman–Crippen MR) is 136 cm³/mol. The first-order chi connectivity index (χ1) is 16.6. The Morgan fingerprint density at radius 1 is 1.06 bits per heavy atom. The van der Waals surface area contributed by atoms with Crippen molar-refractivity contribution in [1.29, 1.82) is 0 Å². The van der Waals surface area contributed by atoms with Crippen molar-refractivity contribution in [2.24, 2.45) is 5.92 Å². The summed E-state index contributed by atoms with van der Waals surface area (Å²) in [5.41, 5.74) is 5.80. The molecule has 1 aliphatic rings. The zero-order chi connectivity index (χ0) is 23.7. The van der Waals surface area contributed by atoms with E-state index in [1.54, 1.807) is 0 Å². The van der Waals surface area contributed by atoms with Crippen molar-refractivity contribution in [3.8, 4) is 5.69 Å². The van der Waals surface area contributed by atoms with Crippen LogP contribution in [0.3, 0.4) is 0 Å². The Hall–Kier alpha value is -3.74. The average molecular weight is 455 g/mol. The molecule has 1 saturated heterocycles. The van der Waals surface area contributed by atoms with Crippen molar-refractivity contribution in [3.63, 3.8) is 0 Å². The number of fused-ring (bicyclic) bond motifs is 1. The second-order valence-corrected chi connectivity index (χ2v) is 8.95. The van der Waals surface area contributed by atoms with Crippen LogP contribution in [0.5, 0.6) is 0 Å². The van der Waals surface area contributed by atoms with E-state index in [1.807, 2.05) is 60.1 Å². The number of piperidine rings is 1. The van der Waals surface area contributed by atoms with Crippen molar-refractivity contribution in [3.05, 3.63) is 71.5 Å². The molecule has 2 aromatic carbocycles. The number of hydrogen-bond donors (Lipinski definition) is 1. The quantitative estimate of drug-likeness (QED) is 0.467. The van der Waals surface area contributed by atoms with Gasteiger partial charge in [-0.3, -0.25) is 4.79 Å². The van der Waals surface area contributed by atoms with E-state index in [0.29, 0.717) is 6.54 Å². The molecule has 1 aliphatic heterocycles. The molecule has 7 nitrogen and oxygen atoms in total. The summed E-state index contributed by atoms with van der Waals surface area (Å²) >= 11 is 0. The lowest BCUT2D eigenvalue weighted by Crippen LogP contribution is -2.41. The molecule has 0 radical (unpaired) electrons. The fourth-order valence-corrected chi connectivity index (χ4v) is 4.91. The number of carbonyl (C=O) groups excluding carboxylic acids is 1. The molecule has 174 valence electrons. The normalized spacial score (nSPS) is 16.1. The van der Waals surface area contributed by atoms with Crippen molar-refractivity contribution < 1.29 is 4.79 Å². The van der Waals surface area contributed by atoms with Crippen LogP contribution in [-0.4, -0.2) is 39.0 Å². The van der Waals surface area contributed by atoms with Crippen LogP contribution in [0, 0.1) is 19.8 Å². The van der Waals surface area contributed by atoms with E-state index < -0.39 is 0 Å². The van der Waals surface area contributed by atoms with Gasteiger partial charge in [-0.1, -0.05) is 43.3 Å². The molecule has 2 aromatic heterocycles. The topological polar surface area (TPSA) is 75.9 Å². The Kier molecular flexibility index (Phi) is 6.01. The van der Waals surface area contributed by atoms with Gasteiger partial charge >= 0.3 is 0 Å². The van der Waals surface area contributed by atoms with E-state index in [1.165, 1.54) is 0 Å². The maximum absolute atomic E-state index is 13.2. The van der Waals surface area contributed by atoms with Crippen LogP contribution in [0.15, 0.2) is 54.6 Å². The van der Waals surface area contributed by atoms with Gasteiger partial charge in [-0.25, -0.2) is 4.68 Å². The number of nitrogens with one attached hydrogen (secondary N) is 1. The van der Waals surface area contributed by atoms with Crippen LogP contribution < -0.4 is 10.2 Å². The van der Waals surface area contributed by atoms with E-state index >= 15 is 0 Å². The Morgan fingerprint density at radius 3 is 2.62 bits per heavy atom. The number of aromatic nitrogens is 4. The van der Waals surface area contributed by atoms with Crippen LogP contribution in [0.2, 0.25) is 0 Å². The summed E-state index contributed by atoms with van der Waals surface area (Å²) in [6.45, 7) is 7.58. The minimum Gasteiger partial charge on any atom is -0.352 e. The standard InChI is InChI=1S/C27H30N6O/c1-4-20-11-8-9-15-23(20)28-27(34)21-12-10-16-32(17-21)26-25-24(18(2)29-30-26)19(3)33(31-25)22-13-6-5-7-14-22/h5-9,11,13-15,21H,4,10,12,16-17H2,1-3H3,(H,28,34). The van der Waals surface area contributed by atoms with Gasteiger partial charge < -0.3 is 10.2 Å². The summed E-state index contributed by atoms with van der Waals surface area (Å²) in [5, 5.41) is 18.2. The van der Waals surface area contributed by atoms with E-state index in [-0.39, 0.29) is 11.8 Å². The van der Waals surface area contributed by atoms with Gasteiger partial charge in [0.25, 0.3) is 0 Å². The minimum atomic E-state index is -0.117. The molecule has 0 spiro atoms. The molecule has 5 rings (SSSR count). The van der Waals surface area contributed by atoms with E-state index in [9.17, 15) is 4.79 Å². The molecule has 0 saturated carbocycles. The zero-order valence-corrected chi connectivity index (χ0v) is 20.0. The molecule has 1 N–H and O–H groups in total. The van der Waals surface area contributed by atoms with E-state index in [2.05, 4.69) is 40.3 Å². The number of rotatable bonds is 5. The van der Waals surface area contributed by atoms with Crippen LogP contribution in [0.1, 0.15) is 36.7 Å². The summed E-state index contributed by atoms with van der Waals surface area (Å²) in [7, 11) is 0. The maximum Gasteiger partial charge on any atom is 0.229 e. The van der Waals surface area contributed by atoms with Crippen molar-refractivity contribution in [1.82, 2.24) is 20.0 Å². The number of hydrogen-bond acceptors (Lipinski definition) is 5. The Balaban J connectivity index is 1.44. The molecule has 34 heavy (non-hydrogen) atoms. The van der Waals surface area contributed by atoms with E-state index in [4.69, 9.17) is 5.10 Å². The third-order valence-electron chi connectivity index (χ3n) is 6.73. The number of para-hydroxylation sites is 2. The third-order valence-corrected chi connectivity index (χ3v) is 6.73. The molecule has 1 fully saturated rings. The summed E-state index contributed by atoms with van der Waals surface area (Å²) in [6.07, 6.45) is 2.66. The molecular weight excluding hydrogens is 424 g/mol. The molecule has 0 aliphatic carbocycles. The summed E-state index contributed by atoms with van der Waals surface area (Å²) < 4.78 is 1.96. The molecular formula is C27H30N6O. The second-order valence-electron chi connectivity index (χ2n) is 8.95. The summed E-state index contributed by atoms with van der Waals surface area (Å²) in [6, 6.07) is 18.1. The van der Waals surface area contributed by atoms with Gasteiger partial charge in [0.2, 0.25) is 5.91 Å². The monoisotopic (exact) mass is 454 g/mol. The van der Waals surface area contributed by atoms with Crippen LogP contribution in [0.25, 0.3) is 16.6 Å². The average Bonchev–Trinajstić information content (AvgIpc) is 3.23. The Morgan fingerprint density at radius 2 is 1.82 bits per heavy atom. The summed E-state index contributed by atoms with van der Waals surface area (Å²) in [5.74, 6) is 0.701. The lowest BCUT2D eigenvalue weighted by atomic mass is 9.96. The van der Waals surface area contributed by atoms with Gasteiger partial charge in [0.15, 0.2) is 5.82 Å². The highest BCUT2D eigenvalue weighted by Crippen LogP contribution is 2.32. The molecule has 4 aromatic rings. The first kappa shape index (κ1) is 22.1. The molecule has 1 unspecified atom stereocenters. The molecule has 0 bridgehead atoms. The summed E-state index contributed by atoms with van der Waals surface area (Å²) in [4.78, 5) is 15.4. The number of carbonyl (C=O) groups is 1. The minimum absolute atomic E-state index is 0.0629. The van der Waals surface area contributed by atoms with E-state index in [0.717, 1.165) is 70.9 Å². The Bertz CT molecular complexity index is 1330. The predicted octanol–water partition coefficient (Wildman–Crippen LogP) is 4.85. The van der Waals surface area contributed by atoms with Gasteiger partial charge in [-0.05, 0) is 56.9 Å². The van der Waals surface area contributed by atoms with Crippen molar-refractivity contribution >= 4 is 28.3 Å². The van der Waals surface area contributed by atoms with Crippen LogP contribution in [0.4, 0.5) is 11.5 Å². The maximum atomic E-state index is 13.2. The highest BCUT2D eigenvalue weighted by molar-refractivity contribution is 5.95. The number of nitrogens with zero attached hydrogens (tertiary/aromatic N) is 5. The van der Waals surface area contributed by atoms with Crippen LogP contribution in [-0.2, 0) is 11.2 Å². The largest absolute Gasteiger partial charge is 0.352 e. The first-order valence-corrected chi connectivity index (χ1v) is 12.0. The van der Waals surface area contributed by atoms with Gasteiger partial charge in [0.05, 0.1) is 28.4 Å². The molecule has 1 amide bonds. The molecule has 7 heteroatoms. The van der Waals surface area contributed by atoms with Gasteiger partial charge in [0.1, 0.15) is 5.52 Å². The number of aryl methyl sites for hydroxylation is 3. The first-order valence-electron chi connectivity index (χ1n) is 12.0. The van der Waals surface area contributed by atoms with Crippen molar-refractivity contribution in [2.75, 3.05) is 23.3 Å². The van der Waals surface area contributed by atoms with Gasteiger partial charge in [-0.2, -0.15) is 10.2 Å². The smallest absolute Gasteiger partial charge is 0.229 e. The van der Waals surface area contributed by atoms with Gasteiger partial charge in [0, 0.05) is 18.8 Å². The lowest BCUT2D eigenvalue weighted by molar-refractivity contribution is -0.120. The highest BCUT2D eigenvalue weighted by Gasteiger charge is 2.29. The highest BCUT2D eigenvalue weighted by atomic mass is 16.1. The third kappa shape index (κ3) is 4.02. The fraction of sp³-hybridized carbons (Fsp3) is 0.333.